The summed E-state index contributed by atoms with van der Waals surface area (Å²) in [5, 5.41) is 5.39. The van der Waals surface area contributed by atoms with Crippen LogP contribution in [0, 0.1) is 13.8 Å². The van der Waals surface area contributed by atoms with Crippen molar-refractivity contribution in [2.24, 2.45) is 0 Å². The summed E-state index contributed by atoms with van der Waals surface area (Å²) in [5.74, 6) is 0.780. The number of anilines is 1. The SMILES string of the molecule is Cc1c(N2CCc3ncc(P(C)(C)=O)cc3C2)nn2c(=O)ccnc2c1C. The van der Waals surface area contributed by atoms with E-state index >= 15 is 0 Å². The van der Waals surface area contributed by atoms with E-state index in [9.17, 15) is 9.36 Å². The minimum Gasteiger partial charge on any atom is -0.350 e. The smallest absolute Gasteiger partial charge is 0.274 e. The molecule has 0 fully saturated rings. The second-order valence-electron chi connectivity index (χ2n) is 7.41. The molecule has 0 bridgehead atoms. The van der Waals surface area contributed by atoms with Crippen molar-refractivity contribution in [2.45, 2.75) is 26.8 Å². The summed E-state index contributed by atoms with van der Waals surface area (Å²) in [6.45, 7) is 8.88. The van der Waals surface area contributed by atoms with Crippen LogP contribution < -0.4 is 15.8 Å². The average Bonchev–Trinajstić information content (AvgIpc) is 2.63. The molecule has 0 unspecified atom stereocenters. The third-order valence-electron chi connectivity index (χ3n) is 5.20. The Labute approximate surface area is 157 Å². The third kappa shape index (κ3) is 3.06. The lowest BCUT2D eigenvalue weighted by Gasteiger charge is -2.31. The Morgan fingerprint density at radius 3 is 2.67 bits per heavy atom. The predicted octanol–water partition coefficient (Wildman–Crippen LogP) is 1.91. The van der Waals surface area contributed by atoms with Crippen molar-refractivity contribution >= 4 is 23.9 Å². The molecule has 0 amide bonds. The van der Waals surface area contributed by atoms with E-state index in [0.29, 0.717) is 12.2 Å². The summed E-state index contributed by atoms with van der Waals surface area (Å²) in [7, 11) is -2.36. The van der Waals surface area contributed by atoms with Gasteiger partial charge in [0.15, 0.2) is 11.5 Å². The average molecular weight is 383 g/mol. The van der Waals surface area contributed by atoms with Crippen molar-refractivity contribution in [3.63, 3.8) is 0 Å². The van der Waals surface area contributed by atoms with E-state index in [1.165, 1.54) is 16.8 Å². The molecule has 4 heterocycles. The van der Waals surface area contributed by atoms with E-state index < -0.39 is 7.14 Å². The molecule has 140 valence electrons. The fourth-order valence-electron chi connectivity index (χ4n) is 3.45. The summed E-state index contributed by atoms with van der Waals surface area (Å²) >= 11 is 0. The summed E-state index contributed by atoms with van der Waals surface area (Å²) < 4.78 is 13.8. The molecule has 0 atom stereocenters. The molecule has 0 saturated heterocycles. The van der Waals surface area contributed by atoms with Gasteiger partial charge in [0, 0.05) is 60.1 Å². The molecule has 1 aliphatic rings. The molecule has 0 saturated carbocycles. The first-order valence-electron chi connectivity index (χ1n) is 8.89. The van der Waals surface area contributed by atoms with Crippen LogP contribution in [-0.2, 0) is 17.5 Å². The van der Waals surface area contributed by atoms with Gasteiger partial charge in [-0.1, -0.05) is 0 Å². The summed E-state index contributed by atoms with van der Waals surface area (Å²) in [6.07, 6.45) is 4.04. The molecule has 3 aromatic heterocycles. The van der Waals surface area contributed by atoms with Crippen LogP contribution in [0.25, 0.3) is 5.65 Å². The van der Waals surface area contributed by atoms with E-state index in [0.717, 1.165) is 46.5 Å². The van der Waals surface area contributed by atoms with Crippen LogP contribution in [0.4, 0.5) is 5.82 Å². The highest BCUT2D eigenvalue weighted by Gasteiger charge is 2.24. The highest BCUT2D eigenvalue weighted by Crippen LogP contribution is 2.35. The van der Waals surface area contributed by atoms with E-state index in [2.05, 4.69) is 20.0 Å². The van der Waals surface area contributed by atoms with Gasteiger partial charge in [-0.05, 0) is 38.8 Å². The van der Waals surface area contributed by atoms with Crippen LogP contribution in [0.2, 0.25) is 0 Å². The first kappa shape index (κ1) is 17.9. The Balaban J connectivity index is 1.80. The van der Waals surface area contributed by atoms with Gasteiger partial charge >= 0.3 is 0 Å². The van der Waals surface area contributed by atoms with Gasteiger partial charge in [0.25, 0.3) is 5.56 Å². The fraction of sp³-hybridized carbons (Fsp3) is 0.368. The number of aromatic nitrogens is 4. The van der Waals surface area contributed by atoms with Crippen LogP contribution >= 0.6 is 7.14 Å². The number of nitrogens with zero attached hydrogens (tertiary/aromatic N) is 5. The standard InChI is InChI=1S/C19H22N5O2P/c1-12-13(2)19(22-24-17(25)5-7-20-18(12)24)23-8-6-16-14(11-23)9-15(10-21-16)27(3,4)26/h5,7,9-10H,6,8,11H2,1-4H3. The number of rotatable bonds is 2. The lowest BCUT2D eigenvalue weighted by Crippen LogP contribution is -2.34. The Bertz CT molecular complexity index is 1160. The molecular formula is C19H22N5O2P. The highest BCUT2D eigenvalue weighted by molar-refractivity contribution is 7.70. The van der Waals surface area contributed by atoms with Crippen molar-refractivity contribution in [3.05, 3.63) is 57.3 Å². The second kappa shape index (κ2) is 6.27. The van der Waals surface area contributed by atoms with E-state index in [1.54, 1.807) is 19.5 Å². The van der Waals surface area contributed by atoms with Gasteiger partial charge < -0.3 is 9.46 Å². The van der Waals surface area contributed by atoms with Gasteiger partial charge in [0.05, 0.1) is 0 Å². The van der Waals surface area contributed by atoms with Crippen molar-refractivity contribution < 1.29 is 4.57 Å². The molecule has 8 heteroatoms. The molecule has 0 spiro atoms. The molecule has 0 N–H and O–H groups in total. The van der Waals surface area contributed by atoms with Gasteiger partial charge in [-0.2, -0.15) is 4.52 Å². The first-order valence-corrected chi connectivity index (χ1v) is 11.5. The maximum Gasteiger partial charge on any atom is 0.274 e. The van der Waals surface area contributed by atoms with Gasteiger partial charge in [-0.15, -0.1) is 5.10 Å². The number of hydrogen-bond donors (Lipinski definition) is 0. The van der Waals surface area contributed by atoms with E-state index in [1.807, 2.05) is 19.9 Å². The number of aryl methyl sites for hydroxylation is 1. The molecule has 27 heavy (non-hydrogen) atoms. The minimum atomic E-state index is -2.36. The largest absolute Gasteiger partial charge is 0.350 e. The second-order valence-corrected chi connectivity index (χ2v) is 10.6. The maximum absolute atomic E-state index is 12.4. The van der Waals surface area contributed by atoms with Crippen LogP contribution in [0.3, 0.4) is 0 Å². The molecular weight excluding hydrogens is 361 g/mol. The van der Waals surface area contributed by atoms with Crippen LogP contribution in [-0.4, -0.2) is 39.5 Å². The van der Waals surface area contributed by atoms with Crippen molar-refractivity contribution in [1.82, 2.24) is 19.6 Å². The first-order chi connectivity index (χ1) is 12.8. The molecule has 0 aromatic carbocycles. The zero-order chi connectivity index (χ0) is 19.3. The molecule has 0 aliphatic carbocycles. The fourth-order valence-corrected chi connectivity index (χ4v) is 4.25. The van der Waals surface area contributed by atoms with Crippen LogP contribution in [0.15, 0.2) is 29.3 Å². The minimum absolute atomic E-state index is 0.191. The van der Waals surface area contributed by atoms with E-state index in [-0.39, 0.29) is 5.56 Å². The summed E-state index contributed by atoms with van der Waals surface area (Å²) in [4.78, 5) is 23.2. The van der Waals surface area contributed by atoms with Crippen molar-refractivity contribution in [2.75, 3.05) is 24.8 Å². The zero-order valence-corrected chi connectivity index (χ0v) is 16.8. The number of hydrogen-bond acceptors (Lipinski definition) is 6. The van der Waals surface area contributed by atoms with E-state index in [4.69, 9.17) is 0 Å². The quantitative estimate of drug-likeness (QED) is 0.629. The number of fused-ring (bicyclic) bond motifs is 2. The van der Waals surface area contributed by atoms with Gasteiger partial charge in [0.2, 0.25) is 0 Å². The van der Waals surface area contributed by atoms with Gasteiger partial charge in [-0.3, -0.25) is 9.78 Å². The normalized spacial score (nSPS) is 14.4. The van der Waals surface area contributed by atoms with Crippen molar-refractivity contribution in [1.29, 1.82) is 0 Å². The van der Waals surface area contributed by atoms with Crippen LogP contribution in [0.5, 0.6) is 0 Å². The zero-order valence-electron chi connectivity index (χ0n) is 15.9. The van der Waals surface area contributed by atoms with Gasteiger partial charge in [-0.25, -0.2) is 4.98 Å². The summed E-state index contributed by atoms with van der Waals surface area (Å²) in [5.41, 5.74) is 4.46. The molecule has 3 aromatic rings. The Hall–Kier alpha value is -2.53. The molecule has 1 aliphatic heterocycles. The highest BCUT2D eigenvalue weighted by atomic mass is 31.2. The Morgan fingerprint density at radius 2 is 1.93 bits per heavy atom. The third-order valence-corrected chi connectivity index (χ3v) is 6.69. The predicted molar refractivity (Wildman–Crippen MR) is 107 cm³/mol. The topological polar surface area (TPSA) is 80.5 Å². The lowest BCUT2D eigenvalue weighted by molar-refractivity contribution is 0.588. The summed E-state index contributed by atoms with van der Waals surface area (Å²) in [6, 6.07) is 3.42. The number of pyridine rings is 1. The lowest BCUT2D eigenvalue weighted by atomic mass is 10.0. The molecule has 7 nitrogen and oxygen atoms in total. The van der Waals surface area contributed by atoms with Crippen molar-refractivity contribution in [3.8, 4) is 0 Å². The maximum atomic E-state index is 12.4. The molecule has 4 rings (SSSR count). The Kier molecular flexibility index (Phi) is 4.15. The Morgan fingerprint density at radius 1 is 1.15 bits per heavy atom. The van der Waals surface area contributed by atoms with Crippen LogP contribution in [0.1, 0.15) is 22.4 Å². The monoisotopic (exact) mass is 383 g/mol. The van der Waals surface area contributed by atoms with Gasteiger partial charge in [0.1, 0.15) is 7.14 Å². The molecule has 0 radical (unpaired) electrons.